The first-order valence-corrected chi connectivity index (χ1v) is 11.3. The average molecular weight is 465 g/mol. The fourth-order valence-corrected chi connectivity index (χ4v) is 4.00. The summed E-state index contributed by atoms with van der Waals surface area (Å²) in [4.78, 5) is 16.6. The second kappa shape index (κ2) is 9.91. The molecule has 0 bridgehead atoms. The summed E-state index contributed by atoms with van der Waals surface area (Å²) in [6.45, 7) is 4.73. The summed E-state index contributed by atoms with van der Waals surface area (Å²) in [6, 6.07) is 13.1. The minimum absolute atomic E-state index is 0.00787. The third-order valence-electron chi connectivity index (χ3n) is 4.93. The zero-order valence-corrected chi connectivity index (χ0v) is 19.4. The van der Waals surface area contributed by atoms with Gasteiger partial charge in [0.15, 0.2) is 17.3 Å². The van der Waals surface area contributed by atoms with E-state index in [1.165, 1.54) is 22.3 Å². The first-order chi connectivity index (χ1) is 16.0. The molecule has 0 unspecified atom stereocenters. The summed E-state index contributed by atoms with van der Waals surface area (Å²) in [6.07, 6.45) is 2.33. The lowest BCUT2D eigenvalue weighted by atomic mass is 10.1. The number of aryl methyl sites for hydroxylation is 1. The molecule has 0 saturated carbocycles. The molecule has 2 aliphatic heterocycles. The number of carbonyl (C=O) groups is 1. The molecule has 0 fully saturated rings. The van der Waals surface area contributed by atoms with Gasteiger partial charge in [-0.2, -0.15) is 15.1 Å². The summed E-state index contributed by atoms with van der Waals surface area (Å²) in [5.41, 5.74) is 2.03. The summed E-state index contributed by atoms with van der Waals surface area (Å²) in [7, 11) is 1.55. The smallest absolute Gasteiger partial charge is 0.283 e. The van der Waals surface area contributed by atoms with Crippen LogP contribution in [0.3, 0.4) is 0 Å². The van der Waals surface area contributed by atoms with Crippen molar-refractivity contribution < 1.29 is 19.0 Å². The molecule has 33 heavy (non-hydrogen) atoms. The molecule has 2 aromatic rings. The maximum absolute atomic E-state index is 12.5. The number of hydrogen-bond acceptors (Lipinski definition) is 7. The van der Waals surface area contributed by atoms with E-state index in [1.807, 2.05) is 38.1 Å². The van der Waals surface area contributed by atoms with Crippen molar-refractivity contribution in [2.24, 2.45) is 10.1 Å². The van der Waals surface area contributed by atoms with Crippen LogP contribution in [0.2, 0.25) is 0 Å². The van der Waals surface area contributed by atoms with Gasteiger partial charge in [-0.25, -0.2) is 0 Å². The summed E-state index contributed by atoms with van der Waals surface area (Å²) in [5, 5.41) is 15.4. The van der Waals surface area contributed by atoms with Crippen LogP contribution in [0, 0.1) is 12.3 Å². The maximum atomic E-state index is 12.5. The largest absolute Gasteiger partial charge is 0.493 e. The van der Waals surface area contributed by atoms with Crippen LogP contribution < -0.4 is 14.2 Å². The number of benzene rings is 2. The Labute approximate surface area is 196 Å². The summed E-state index contributed by atoms with van der Waals surface area (Å²) in [5.74, 6) is 1.41. The number of rotatable bonds is 8. The fourth-order valence-electron chi connectivity index (χ4n) is 3.18. The van der Waals surface area contributed by atoms with Gasteiger partial charge in [-0.15, -0.1) is 0 Å². The number of carbonyl (C=O) groups excluding carboxylic acids is 1. The number of hydrazone groups is 1. The van der Waals surface area contributed by atoms with Gasteiger partial charge >= 0.3 is 0 Å². The van der Waals surface area contributed by atoms with Gasteiger partial charge in [0.2, 0.25) is 5.17 Å². The number of aliphatic imine (C=N–C) groups is 1. The Kier molecular flexibility index (Phi) is 6.79. The molecule has 1 N–H and O–H groups in total. The molecule has 2 aromatic carbocycles. The minimum atomic E-state index is -0.459. The molecule has 0 atom stereocenters. The molecular formula is C24H24N4O4S. The molecule has 170 valence electrons. The lowest BCUT2D eigenvalue weighted by Crippen LogP contribution is -2.35. The predicted molar refractivity (Wildman–Crippen MR) is 130 cm³/mol. The van der Waals surface area contributed by atoms with Gasteiger partial charge in [-0.05, 0) is 61.0 Å². The standard InChI is InChI=1S/C24H24N4O4S/c1-4-21-27-28-22(25)18(23(29)26-24(28)33-21)13-16-7-10-19(20(14-16)30-3)32-12-11-31-17-8-5-15(2)6-9-17/h5-10,13-14,25H,4,11-12H2,1-3H3. The van der Waals surface area contributed by atoms with Crippen LogP contribution in [-0.4, -0.2) is 47.3 Å². The molecule has 8 nitrogen and oxygen atoms in total. The number of methoxy groups -OCH3 is 1. The van der Waals surface area contributed by atoms with Gasteiger partial charge < -0.3 is 14.2 Å². The van der Waals surface area contributed by atoms with Crippen LogP contribution in [-0.2, 0) is 4.79 Å². The minimum Gasteiger partial charge on any atom is -0.493 e. The van der Waals surface area contributed by atoms with Crippen LogP contribution in [0.4, 0.5) is 0 Å². The van der Waals surface area contributed by atoms with E-state index < -0.39 is 5.91 Å². The van der Waals surface area contributed by atoms with Gasteiger partial charge in [0.05, 0.1) is 12.7 Å². The third kappa shape index (κ3) is 5.09. The quantitative estimate of drug-likeness (QED) is 0.457. The highest BCUT2D eigenvalue weighted by molar-refractivity contribution is 8.26. The van der Waals surface area contributed by atoms with Crippen molar-refractivity contribution in [1.82, 2.24) is 5.01 Å². The molecule has 0 aromatic heterocycles. The van der Waals surface area contributed by atoms with Gasteiger partial charge in [0.25, 0.3) is 5.91 Å². The molecule has 0 saturated heterocycles. The van der Waals surface area contributed by atoms with Crippen LogP contribution in [0.15, 0.2) is 58.1 Å². The van der Waals surface area contributed by atoms with Crippen molar-refractivity contribution in [3.63, 3.8) is 0 Å². The lowest BCUT2D eigenvalue weighted by molar-refractivity contribution is -0.114. The number of amidine groups is 2. The Morgan fingerprint density at radius 2 is 1.85 bits per heavy atom. The highest BCUT2D eigenvalue weighted by atomic mass is 32.2. The van der Waals surface area contributed by atoms with Crippen molar-refractivity contribution in [1.29, 1.82) is 5.41 Å². The molecule has 9 heteroatoms. The molecular weight excluding hydrogens is 440 g/mol. The molecule has 0 spiro atoms. The normalized spacial score (nSPS) is 16.5. The Morgan fingerprint density at radius 1 is 1.09 bits per heavy atom. The second-order valence-corrected chi connectivity index (χ2v) is 8.33. The van der Waals surface area contributed by atoms with Gasteiger partial charge in [-0.3, -0.25) is 10.2 Å². The number of fused-ring (bicyclic) bond motifs is 1. The molecule has 2 aliphatic rings. The summed E-state index contributed by atoms with van der Waals surface area (Å²) < 4.78 is 17.0. The van der Waals surface area contributed by atoms with Crippen LogP contribution in [0.1, 0.15) is 24.5 Å². The number of thioether (sulfide) groups is 1. The zero-order chi connectivity index (χ0) is 23.4. The van der Waals surface area contributed by atoms with E-state index in [0.717, 1.165) is 17.2 Å². The summed E-state index contributed by atoms with van der Waals surface area (Å²) >= 11 is 1.32. The molecule has 2 heterocycles. The van der Waals surface area contributed by atoms with Crippen molar-refractivity contribution in [3.05, 3.63) is 59.2 Å². The second-order valence-electron chi connectivity index (χ2n) is 7.29. The van der Waals surface area contributed by atoms with Gasteiger partial charge in [-0.1, -0.05) is 30.7 Å². The molecule has 1 amide bonds. The van der Waals surface area contributed by atoms with Crippen molar-refractivity contribution in [2.45, 2.75) is 20.3 Å². The van der Waals surface area contributed by atoms with Crippen molar-refractivity contribution in [2.75, 3.05) is 20.3 Å². The Balaban J connectivity index is 1.43. The molecule has 0 radical (unpaired) electrons. The monoisotopic (exact) mass is 464 g/mol. The number of hydrogen-bond donors (Lipinski definition) is 1. The Hall–Kier alpha value is -3.59. The van der Waals surface area contributed by atoms with Crippen LogP contribution in [0.25, 0.3) is 6.08 Å². The van der Waals surface area contributed by atoms with E-state index in [-0.39, 0.29) is 11.4 Å². The van der Waals surface area contributed by atoms with Crippen molar-refractivity contribution >= 4 is 39.8 Å². The zero-order valence-electron chi connectivity index (χ0n) is 18.6. The van der Waals surface area contributed by atoms with E-state index in [2.05, 4.69) is 10.1 Å². The fraction of sp³-hybridized carbons (Fsp3) is 0.250. The number of nitrogens with one attached hydrogen (secondary N) is 1. The maximum Gasteiger partial charge on any atom is 0.283 e. The Morgan fingerprint density at radius 3 is 2.58 bits per heavy atom. The number of nitrogens with zero attached hydrogens (tertiary/aromatic N) is 3. The average Bonchev–Trinajstić information content (AvgIpc) is 3.24. The predicted octanol–water partition coefficient (Wildman–Crippen LogP) is 4.49. The van der Waals surface area contributed by atoms with Gasteiger partial charge in [0.1, 0.15) is 24.0 Å². The first kappa shape index (κ1) is 22.6. The van der Waals surface area contributed by atoms with E-state index in [0.29, 0.717) is 35.4 Å². The highest BCUT2D eigenvalue weighted by Crippen LogP contribution is 2.32. The molecule has 0 aliphatic carbocycles. The van der Waals surface area contributed by atoms with E-state index in [9.17, 15) is 4.79 Å². The number of ether oxygens (including phenoxy) is 3. The van der Waals surface area contributed by atoms with Crippen molar-refractivity contribution in [3.8, 4) is 17.2 Å². The topological polar surface area (TPSA) is 96.6 Å². The van der Waals surface area contributed by atoms with Gasteiger partial charge in [0, 0.05) is 0 Å². The van der Waals surface area contributed by atoms with Crippen LogP contribution >= 0.6 is 11.8 Å². The molecule has 4 rings (SSSR count). The third-order valence-corrected chi connectivity index (χ3v) is 5.98. The van der Waals surface area contributed by atoms with E-state index in [4.69, 9.17) is 19.6 Å². The first-order valence-electron chi connectivity index (χ1n) is 10.5. The lowest BCUT2D eigenvalue weighted by Gasteiger charge is -2.20. The SMILES string of the molecule is CCC1=NN2C(=N)C(=Cc3ccc(OCCOc4ccc(C)cc4)c(OC)c3)C(=O)N=C2S1. The number of amides is 1. The van der Waals surface area contributed by atoms with E-state index >= 15 is 0 Å². The van der Waals surface area contributed by atoms with Crippen LogP contribution in [0.5, 0.6) is 17.2 Å². The van der Waals surface area contributed by atoms with E-state index in [1.54, 1.807) is 31.4 Å². The Bertz CT molecular complexity index is 1170. The highest BCUT2D eigenvalue weighted by Gasteiger charge is 2.35.